The molecule has 38 heavy (non-hydrogen) atoms. The summed E-state index contributed by atoms with van der Waals surface area (Å²) in [6.07, 6.45) is 1.64. The van der Waals surface area contributed by atoms with Crippen molar-refractivity contribution in [1.82, 2.24) is 0 Å². The number of fused-ring (bicyclic) bond motifs is 1. The van der Waals surface area contributed by atoms with Crippen LogP contribution in [0.1, 0.15) is 28.2 Å². The van der Waals surface area contributed by atoms with Gasteiger partial charge in [0.1, 0.15) is 35.5 Å². The van der Waals surface area contributed by atoms with Crippen molar-refractivity contribution >= 4 is 5.97 Å². The molecule has 0 fully saturated rings. The lowest BCUT2D eigenvalue weighted by Crippen LogP contribution is -2.22. The number of aryl methyl sites for hydroxylation is 2. The summed E-state index contributed by atoms with van der Waals surface area (Å²) in [4.78, 5) is 12.5. The highest BCUT2D eigenvalue weighted by molar-refractivity contribution is 5.74. The summed E-state index contributed by atoms with van der Waals surface area (Å²) in [7, 11) is 1.54. The molecular weight excluding hydrogens is 484 g/mol. The van der Waals surface area contributed by atoms with Crippen LogP contribution in [0.2, 0.25) is 0 Å². The van der Waals surface area contributed by atoms with Crippen LogP contribution in [0.3, 0.4) is 0 Å². The first-order chi connectivity index (χ1) is 18.3. The number of nitrogens with zero attached hydrogens (tertiary/aromatic N) is 1. The number of carbonyl (C=O) groups excluding carboxylic acids is 1. The van der Waals surface area contributed by atoms with E-state index in [0.29, 0.717) is 35.2 Å². The van der Waals surface area contributed by atoms with Gasteiger partial charge in [-0.1, -0.05) is 30.9 Å². The van der Waals surface area contributed by atoms with Crippen molar-refractivity contribution in [3.63, 3.8) is 0 Å². The minimum Gasteiger partial charge on any atom is -0.493 e. The van der Waals surface area contributed by atoms with E-state index in [9.17, 15) is 10.1 Å². The molecule has 8 nitrogen and oxygen atoms in total. The Morgan fingerprint density at radius 3 is 2.50 bits per heavy atom. The van der Waals surface area contributed by atoms with Crippen molar-refractivity contribution in [3.05, 3.63) is 101 Å². The molecule has 0 aliphatic carbocycles. The predicted molar refractivity (Wildman–Crippen MR) is 141 cm³/mol. The van der Waals surface area contributed by atoms with Crippen LogP contribution in [0.4, 0.5) is 0 Å². The van der Waals surface area contributed by atoms with Gasteiger partial charge in [-0.05, 0) is 60.9 Å². The number of benzene rings is 3. The number of nitriles is 1. The van der Waals surface area contributed by atoms with Gasteiger partial charge in [-0.3, -0.25) is 0 Å². The second kappa shape index (κ2) is 11.4. The van der Waals surface area contributed by atoms with E-state index >= 15 is 0 Å². The molecule has 3 aromatic rings. The van der Waals surface area contributed by atoms with Crippen LogP contribution in [0.15, 0.2) is 78.7 Å². The van der Waals surface area contributed by atoms with Crippen molar-refractivity contribution < 1.29 is 28.5 Å². The minimum absolute atomic E-state index is 0.0300. The molecule has 1 unspecified atom stereocenters. The molecule has 3 aromatic carbocycles. The third-order valence-electron chi connectivity index (χ3n) is 5.85. The molecule has 4 rings (SSSR count). The van der Waals surface area contributed by atoms with Gasteiger partial charge in [0.25, 0.3) is 0 Å². The van der Waals surface area contributed by atoms with Gasteiger partial charge in [-0.15, -0.1) is 0 Å². The molecule has 0 amide bonds. The standard InChI is InChI=1S/C30H28N2O6/c1-5-10-35-25-9-6-20(14-27(25)34-4)29-23-8-7-21(15-26(23)38-30(32)24(29)16-31)37-28(33)17-36-22-12-18(2)11-19(3)13-22/h5-9,11-15,29H,1,10,17,32H2,2-4H3. The van der Waals surface area contributed by atoms with Gasteiger partial charge >= 0.3 is 5.97 Å². The molecule has 0 bridgehead atoms. The van der Waals surface area contributed by atoms with Crippen molar-refractivity contribution in [1.29, 1.82) is 5.26 Å². The van der Waals surface area contributed by atoms with Gasteiger partial charge < -0.3 is 29.4 Å². The van der Waals surface area contributed by atoms with Gasteiger partial charge in [-0.25, -0.2) is 4.79 Å². The molecule has 1 aliphatic heterocycles. The molecule has 0 aromatic heterocycles. The van der Waals surface area contributed by atoms with Gasteiger partial charge in [0.2, 0.25) is 5.88 Å². The van der Waals surface area contributed by atoms with E-state index in [1.54, 1.807) is 36.4 Å². The third-order valence-corrected chi connectivity index (χ3v) is 5.85. The number of hydrogen-bond donors (Lipinski definition) is 1. The van der Waals surface area contributed by atoms with Gasteiger partial charge in [0.15, 0.2) is 18.1 Å². The predicted octanol–water partition coefficient (Wildman–Crippen LogP) is 5.08. The monoisotopic (exact) mass is 512 g/mol. The summed E-state index contributed by atoms with van der Waals surface area (Å²) in [6.45, 7) is 7.63. The number of carbonyl (C=O) groups is 1. The number of esters is 1. The van der Waals surface area contributed by atoms with Crippen LogP contribution in [-0.2, 0) is 4.79 Å². The molecule has 1 atom stereocenters. The van der Waals surface area contributed by atoms with Crippen molar-refractivity contribution in [2.75, 3.05) is 20.3 Å². The molecule has 0 spiro atoms. The zero-order valence-electron chi connectivity index (χ0n) is 21.4. The Morgan fingerprint density at radius 2 is 1.82 bits per heavy atom. The molecule has 8 heteroatoms. The van der Waals surface area contributed by atoms with Gasteiger partial charge in [0, 0.05) is 11.6 Å². The number of hydrogen-bond acceptors (Lipinski definition) is 8. The minimum atomic E-state index is -0.572. The van der Waals surface area contributed by atoms with Crippen LogP contribution in [0, 0.1) is 25.2 Å². The average molecular weight is 513 g/mol. The Bertz CT molecular complexity index is 1430. The van der Waals surface area contributed by atoms with Crippen LogP contribution in [0.5, 0.6) is 28.7 Å². The van der Waals surface area contributed by atoms with Crippen molar-refractivity contribution in [3.8, 4) is 34.8 Å². The van der Waals surface area contributed by atoms with E-state index in [1.165, 1.54) is 7.11 Å². The maximum atomic E-state index is 12.5. The Morgan fingerprint density at radius 1 is 1.05 bits per heavy atom. The maximum Gasteiger partial charge on any atom is 0.349 e. The third kappa shape index (κ3) is 5.73. The van der Waals surface area contributed by atoms with Crippen LogP contribution in [0.25, 0.3) is 0 Å². The quantitative estimate of drug-likeness (QED) is 0.240. The van der Waals surface area contributed by atoms with E-state index in [4.69, 9.17) is 29.4 Å². The van der Waals surface area contributed by atoms with Crippen LogP contribution >= 0.6 is 0 Å². The van der Waals surface area contributed by atoms with E-state index in [-0.39, 0.29) is 23.8 Å². The number of rotatable bonds is 9. The maximum absolute atomic E-state index is 12.5. The molecular formula is C30H28N2O6. The summed E-state index contributed by atoms with van der Waals surface area (Å²) in [5, 5.41) is 9.86. The van der Waals surface area contributed by atoms with Crippen molar-refractivity contribution in [2.45, 2.75) is 19.8 Å². The lowest BCUT2D eigenvalue weighted by Gasteiger charge is -2.27. The normalized spacial score (nSPS) is 14.0. The fourth-order valence-electron chi connectivity index (χ4n) is 4.29. The first kappa shape index (κ1) is 26.2. The van der Waals surface area contributed by atoms with Gasteiger partial charge in [-0.2, -0.15) is 5.26 Å². The second-order valence-corrected chi connectivity index (χ2v) is 8.72. The molecule has 2 N–H and O–H groups in total. The summed E-state index contributed by atoms with van der Waals surface area (Å²) in [5.74, 6) is 1.15. The average Bonchev–Trinajstić information content (AvgIpc) is 2.89. The highest BCUT2D eigenvalue weighted by atomic mass is 16.6. The highest BCUT2D eigenvalue weighted by Gasteiger charge is 2.31. The summed E-state index contributed by atoms with van der Waals surface area (Å²) in [6, 6.07) is 18.2. The molecule has 0 radical (unpaired) electrons. The Labute approximate surface area is 221 Å². The van der Waals surface area contributed by atoms with Crippen LogP contribution in [-0.4, -0.2) is 26.3 Å². The number of ether oxygens (including phenoxy) is 5. The molecule has 0 saturated heterocycles. The number of methoxy groups -OCH3 is 1. The fraction of sp³-hybridized carbons (Fsp3) is 0.200. The van der Waals surface area contributed by atoms with E-state index in [2.05, 4.69) is 12.6 Å². The fourth-order valence-corrected chi connectivity index (χ4v) is 4.29. The van der Waals surface area contributed by atoms with E-state index in [1.807, 2.05) is 38.1 Å². The lowest BCUT2D eigenvalue weighted by molar-refractivity contribution is -0.136. The molecule has 0 saturated carbocycles. The first-order valence-corrected chi connectivity index (χ1v) is 11.9. The first-order valence-electron chi connectivity index (χ1n) is 11.9. The molecule has 1 aliphatic rings. The second-order valence-electron chi connectivity index (χ2n) is 8.72. The topological polar surface area (TPSA) is 113 Å². The van der Waals surface area contributed by atoms with E-state index < -0.39 is 11.9 Å². The number of allylic oxidation sites excluding steroid dienone is 1. The Kier molecular flexibility index (Phi) is 7.88. The molecule has 194 valence electrons. The van der Waals surface area contributed by atoms with E-state index in [0.717, 1.165) is 16.7 Å². The highest BCUT2D eigenvalue weighted by Crippen LogP contribution is 2.45. The SMILES string of the molecule is C=CCOc1ccc(C2C(C#N)=C(N)Oc3cc(OC(=O)COc4cc(C)cc(C)c4)ccc32)cc1OC. The Hall–Kier alpha value is -4.90. The summed E-state index contributed by atoms with van der Waals surface area (Å²) in [5.41, 5.74) is 9.89. The lowest BCUT2D eigenvalue weighted by atomic mass is 9.83. The van der Waals surface area contributed by atoms with Gasteiger partial charge in [0.05, 0.1) is 13.0 Å². The zero-order valence-corrected chi connectivity index (χ0v) is 21.4. The molecule has 1 heterocycles. The summed E-state index contributed by atoms with van der Waals surface area (Å²) < 4.78 is 28.0. The zero-order chi connectivity index (χ0) is 27.2. The smallest absolute Gasteiger partial charge is 0.349 e. The largest absolute Gasteiger partial charge is 0.493 e. The Balaban J connectivity index is 1.57. The van der Waals surface area contributed by atoms with Crippen LogP contribution < -0.4 is 29.4 Å². The number of nitrogens with two attached hydrogens (primary N) is 1. The van der Waals surface area contributed by atoms with Crippen molar-refractivity contribution in [2.24, 2.45) is 5.73 Å². The summed E-state index contributed by atoms with van der Waals surface area (Å²) >= 11 is 0.